The van der Waals surface area contributed by atoms with Gasteiger partial charge in [0, 0.05) is 17.6 Å². The van der Waals surface area contributed by atoms with Gasteiger partial charge in [0.05, 0.1) is 6.10 Å². The molecule has 0 heterocycles. The Balaban J connectivity index is 2.19. The third-order valence-corrected chi connectivity index (χ3v) is 3.13. The van der Waals surface area contributed by atoms with E-state index in [-0.39, 0.29) is 12.1 Å². The second-order valence-electron chi connectivity index (χ2n) is 4.09. The number of carbonyl (C=O) groups is 1. The van der Waals surface area contributed by atoms with E-state index in [1.54, 1.807) is 0 Å². The van der Waals surface area contributed by atoms with E-state index in [1.165, 1.54) is 0 Å². The lowest BCUT2D eigenvalue weighted by atomic mass is 10.2. The monoisotopic (exact) mass is 314 g/mol. The molecule has 1 rings (SSSR count). The number of benzene rings is 1. The van der Waals surface area contributed by atoms with Gasteiger partial charge in [0.15, 0.2) is 0 Å². The van der Waals surface area contributed by atoms with Gasteiger partial charge in [0.2, 0.25) is 0 Å². The molecule has 2 amide bonds. The molecule has 0 saturated carbocycles. The first-order valence-corrected chi connectivity index (χ1v) is 6.85. The largest absolute Gasteiger partial charge is 0.393 e. The van der Waals surface area contributed by atoms with Gasteiger partial charge in [-0.15, -0.1) is 0 Å². The number of hydrogen-bond acceptors (Lipinski definition) is 2. The van der Waals surface area contributed by atoms with E-state index in [1.807, 2.05) is 31.2 Å². The van der Waals surface area contributed by atoms with E-state index in [2.05, 4.69) is 26.6 Å². The molecule has 18 heavy (non-hydrogen) atoms. The third-order valence-electron chi connectivity index (χ3n) is 2.60. The maximum Gasteiger partial charge on any atom is 0.315 e. The quantitative estimate of drug-likeness (QED) is 0.755. The standard InChI is InChI=1S/C13H19BrN2O2/c1-2-12(17)7-8-15-13(18)16-9-10-3-5-11(14)6-4-10/h3-6,12,17H,2,7-9H2,1H3,(H2,15,16,18)/t12-/m0/s1. The highest BCUT2D eigenvalue weighted by Gasteiger charge is 2.03. The highest BCUT2D eigenvalue weighted by molar-refractivity contribution is 9.10. The molecular weight excluding hydrogens is 296 g/mol. The number of aliphatic hydroxyl groups is 1. The SMILES string of the molecule is CC[C@H](O)CCNC(=O)NCc1ccc(Br)cc1. The Morgan fingerprint density at radius 1 is 1.33 bits per heavy atom. The maximum atomic E-state index is 11.4. The minimum atomic E-state index is -0.336. The van der Waals surface area contributed by atoms with E-state index in [0.717, 1.165) is 10.0 Å². The molecule has 0 aliphatic heterocycles. The van der Waals surface area contributed by atoms with Crippen LogP contribution >= 0.6 is 15.9 Å². The van der Waals surface area contributed by atoms with Crippen LogP contribution in [0.2, 0.25) is 0 Å². The zero-order chi connectivity index (χ0) is 13.4. The van der Waals surface area contributed by atoms with Gasteiger partial charge in [-0.1, -0.05) is 35.0 Å². The van der Waals surface area contributed by atoms with E-state index in [9.17, 15) is 9.90 Å². The summed E-state index contributed by atoms with van der Waals surface area (Å²) in [6.45, 7) is 2.90. The zero-order valence-corrected chi connectivity index (χ0v) is 12.0. The number of urea groups is 1. The van der Waals surface area contributed by atoms with Gasteiger partial charge >= 0.3 is 6.03 Å². The van der Waals surface area contributed by atoms with Crippen LogP contribution in [0.25, 0.3) is 0 Å². The van der Waals surface area contributed by atoms with Gasteiger partial charge < -0.3 is 15.7 Å². The van der Waals surface area contributed by atoms with Crippen molar-refractivity contribution in [1.29, 1.82) is 0 Å². The summed E-state index contributed by atoms with van der Waals surface area (Å²) < 4.78 is 1.02. The number of hydrogen-bond donors (Lipinski definition) is 3. The summed E-state index contributed by atoms with van der Waals surface area (Å²) in [6.07, 6.45) is 0.960. The molecule has 0 radical (unpaired) electrons. The number of nitrogens with one attached hydrogen (secondary N) is 2. The minimum Gasteiger partial charge on any atom is -0.393 e. The van der Waals surface area contributed by atoms with Crippen LogP contribution in [0.3, 0.4) is 0 Å². The van der Waals surface area contributed by atoms with Crippen molar-refractivity contribution in [3.8, 4) is 0 Å². The van der Waals surface area contributed by atoms with Crippen LogP contribution in [0, 0.1) is 0 Å². The fourth-order valence-electron chi connectivity index (χ4n) is 1.40. The fourth-order valence-corrected chi connectivity index (χ4v) is 1.67. The van der Waals surface area contributed by atoms with Crippen molar-refractivity contribution in [2.75, 3.05) is 6.54 Å². The lowest BCUT2D eigenvalue weighted by molar-refractivity contribution is 0.160. The second kappa shape index (κ2) is 8.11. The van der Waals surface area contributed by atoms with Crippen LogP contribution in [0.4, 0.5) is 4.79 Å². The number of carbonyl (C=O) groups excluding carboxylic acids is 1. The zero-order valence-electron chi connectivity index (χ0n) is 10.4. The molecule has 0 spiro atoms. The average Bonchev–Trinajstić information content (AvgIpc) is 2.38. The fraction of sp³-hybridized carbons (Fsp3) is 0.462. The summed E-state index contributed by atoms with van der Waals surface area (Å²) in [6, 6.07) is 7.57. The van der Waals surface area contributed by atoms with Crippen LogP contribution in [0.1, 0.15) is 25.3 Å². The van der Waals surface area contributed by atoms with Crippen LogP contribution in [0.5, 0.6) is 0 Å². The number of amides is 2. The maximum absolute atomic E-state index is 11.4. The predicted molar refractivity (Wildman–Crippen MR) is 75.3 cm³/mol. The molecule has 1 aromatic carbocycles. The Morgan fingerprint density at radius 2 is 2.00 bits per heavy atom. The summed E-state index contributed by atoms with van der Waals surface area (Å²) in [7, 11) is 0. The summed E-state index contributed by atoms with van der Waals surface area (Å²) >= 11 is 3.36. The summed E-state index contributed by atoms with van der Waals surface area (Å²) in [5, 5.41) is 14.8. The highest BCUT2D eigenvalue weighted by atomic mass is 79.9. The van der Waals surface area contributed by atoms with Crippen LogP contribution in [-0.2, 0) is 6.54 Å². The molecular formula is C13H19BrN2O2. The molecule has 5 heteroatoms. The molecule has 1 aromatic rings. The normalized spacial score (nSPS) is 11.9. The summed E-state index contributed by atoms with van der Waals surface area (Å²) in [4.78, 5) is 11.4. The topological polar surface area (TPSA) is 61.4 Å². The minimum absolute atomic E-state index is 0.207. The lowest BCUT2D eigenvalue weighted by Crippen LogP contribution is -2.36. The number of rotatable bonds is 6. The molecule has 100 valence electrons. The Bertz CT molecular complexity index is 368. The molecule has 3 N–H and O–H groups in total. The smallest absolute Gasteiger partial charge is 0.315 e. The third kappa shape index (κ3) is 6.02. The van der Waals surface area contributed by atoms with Crippen LogP contribution in [0.15, 0.2) is 28.7 Å². The number of aliphatic hydroxyl groups excluding tert-OH is 1. The lowest BCUT2D eigenvalue weighted by Gasteiger charge is -2.10. The van der Waals surface area contributed by atoms with Gasteiger partial charge in [-0.25, -0.2) is 4.79 Å². The van der Waals surface area contributed by atoms with Gasteiger partial charge in [-0.05, 0) is 30.5 Å². The van der Waals surface area contributed by atoms with Crippen molar-refractivity contribution in [3.05, 3.63) is 34.3 Å². The van der Waals surface area contributed by atoms with Gasteiger partial charge in [0.25, 0.3) is 0 Å². The molecule has 0 aliphatic rings. The second-order valence-corrected chi connectivity index (χ2v) is 5.00. The van der Waals surface area contributed by atoms with Gasteiger partial charge in [-0.2, -0.15) is 0 Å². The molecule has 0 aliphatic carbocycles. The highest BCUT2D eigenvalue weighted by Crippen LogP contribution is 2.10. The van der Waals surface area contributed by atoms with Crippen LogP contribution < -0.4 is 10.6 Å². The molecule has 1 atom stereocenters. The molecule has 0 unspecified atom stereocenters. The Kier molecular flexibility index (Phi) is 6.75. The van der Waals surface area contributed by atoms with Crippen molar-refractivity contribution in [1.82, 2.24) is 10.6 Å². The van der Waals surface area contributed by atoms with E-state index in [4.69, 9.17) is 0 Å². The molecule has 4 nitrogen and oxygen atoms in total. The van der Waals surface area contributed by atoms with E-state index >= 15 is 0 Å². The van der Waals surface area contributed by atoms with Crippen molar-refractivity contribution in [3.63, 3.8) is 0 Å². The first-order valence-electron chi connectivity index (χ1n) is 6.06. The molecule has 0 bridgehead atoms. The predicted octanol–water partition coefficient (Wildman–Crippen LogP) is 2.41. The summed E-state index contributed by atoms with van der Waals surface area (Å²) in [5.74, 6) is 0. The first kappa shape index (κ1) is 15.0. The summed E-state index contributed by atoms with van der Waals surface area (Å²) in [5.41, 5.74) is 1.04. The van der Waals surface area contributed by atoms with Crippen molar-refractivity contribution >= 4 is 22.0 Å². The van der Waals surface area contributed by atoms with E-state index < -0.39 is 0 Å². The van der Waals surface area contributed by atoms with Gasteiger partial charge in [0.1, 0.15) is 0 Å². The Morgan fingerprint density at radius 3 is 2.61 bits per heavy atom. The number of halogens is 1. The molecule has 0 saturated heterocycles. The molecule has 0 fully saturated rings. The Labute approximate surface area is 116 Å². The van der Waals surface area contributed by atoms with Crippen LogP contribution in [-0.4, -0.2) is 23.8 Å². The van der Waals surface area contributed by atoms with Gasteiger partial charge in [-0.3, -0.25) is 0 Å². The van der Waals surface area contributed by atoms with Crippen molar-refractivity contribution in [2.45, 2.75) is 32.4 Å². The molecule has 0 aromatic heterocycles. The Hall–Kier alpha value is -1.07. The first-order chi connectivity index (χ1) is 8.61. The van der Waals surface area contributed by atoms with Crippen molar-refractivity contribution < 1.29 is 9.90 Å². The van der Waals surface area contributed by atoms with E-state index in [0.29, 0.717) is 25.9 Å². The van der Waals surface area contributed by atoms with Crippen molar-refractivity contribution in [2.24, 2.45) is 0 Å². The average molecular weight is 315 g/mol.